The number of nitrogens with one attached hydrogen (secondary N) is 1. The van der Waals surface area contributed by atoms with Gasteiger partial charge in [-0.25, -0.2) is 9.52 Å². The molecule has 0 bridgehead atoms. The minimum Gasteiger partial charge on any atom is -0.446 e. The lowest BCUT2D eigenvalue weighted by Gasteiger charge is -2.28. The predicted octanol–water partition coefficient (Wildman–Crippen LogP) is 1.01. The van der Waals surface area contributed by atoms with E-state index in [1.807, 2.05) is 10.8 Å². The average molecular weight is 313 g/mol. The van der Waals surface area contributed by atoms with Crippen molar-refractivity contribution in [3.8, 4) is 0 Å². The highest BCUT2D eigenvalue weighted by Crippen LogP contribution is 2.25. The van der Waals surface area contributed by atoms with E-state index in [0.717, 1.165) is 11.1 Å². The quantitative estimate of drug-likeness (QED) is 0.811. The second kappa shape index (κ2) is 5.90. The molecular formula is C13H19N3O4S. The summed E-state index contributed by atoms with van der Waals surface area (Å²) in [5.74, 6) is 0. The van der Waals surface area contributed by atoms with Gasteiger partial charge in [-0.2, -0.15) is 12.7 Å². The van der Waals surface area contributed by atoms with Crippen LogP contribution in [0.3, 0.4) is 0 Å². The molecule has 8 heteroatoms. The van der Waals surface area contributed by atoms with Gasteiger partial charge in [-0.1, -0.05) is 12.1 Å². The van der Waals surface area contributed by atoms with Gasteiger partial charge in [0.2, 0.25) is 0 Å². The molecule has 0 unspecified atom stereocenters. The molecule has 7 nitrogen and oxygen atoms in total. The summed E-state index contributed by atoms with van der Waals surface area (Å²) in [5, 5.41) is 0. The van der Waals surface area contributed by atoms with E-state index < -0.39 is 16.3 Å². The molecule has 1 aliphatic heterocycles. The molecule has 0 radical (unpaired) electrons. The van der Waals surface area contributed by atoms with Gasteiger partial charge >= 0.3 is 16.3 Å². The van der Waals surface area contributed by atoms with Gasteiger partial charge in [0.05, 0.1) is 6.10 Å². The van der Waals surface area contributed by atoms with Gasteiger partial charge in [0.1, 0.15) is 0 Å². The van der Waals surface area contributed by atoms with Crippen molar-refractivity contribution in [3.63, 3.8) is 0 Å². The highest BCUT2D eigenvalue weighted by atomic mass is 32.2. The molecule has 1 aromatic rings. The zero-order valence-electron chi connectivity index (χ0n) is 12.0. The highest BCUT2D eigenvalue weighted by Gasteiger charge is 2.29. The number of hydrogen-bond donors (Lipinski definition) is 2. The number of benzene rings is 1. The lowest BCUT2D eigenvalue weighted by atomic mass is 9.99. The van der Waals surface area contributed by atoms with E-state index >= 15 is 0 Å². The van der Waals surface area contributed by atoms with Crippen LogP contribution in [0.5, 0.6) is 0 Å². The monoisotopic (exact) mass is 313 g/mol. The van der Waals surface area contributed by atoms with E-state index in [4.69, 9.17) is 10.5 Å². The second-order valence-electron chi connectivity index (χ2n) is 5.13. The van der Waals surface area contributed by atoms with E-state index in [1.54, 1.807) is 26.0 Å². The third-order valence-corrected chi connectivity index (χ3v) is 4.58. The number of nitrogens with two attached hydrogens (primary N) is 1. The van der Waals surface area contributed by atoms with E-state index in [-0.39, 0.29) is 19.2 Å². The largest absolute Gasteiger partial charge is 0.446 e. The van der Waals surface area contributed by atoms with Crippen molar-refractivity contribution in [2.75, 3.05) is 12.3 Å². The molecule has 0 aromatic heterocycles. The number of carbonyl (C=O) groups excluding carboxylic acids is 1. The number of carbonyl (C=O) groups is 1. The smallest absolute Gasteiger partial charge is 0.422 e. The summed E-state index contributed by atoms with van der Waals surface area (Å²) in [5.41, 5.74) is 8.35. The summed E-state index contributed by atoms with van der Waals surface area (Å²) in [6.07, 6.45) is -0.840. The van der Waals surface area contributed by atoms with Gasteiger partial charge in [-0.15, -0.1) is 0 Å². The van der Waals surface area contributed by atoms with Crippen LogP contribution in [0.4, 0.5) is 10.5 Å². The fraction of sp³-hybridized carbons (Fsp3) is 0.462. The predicted molar refractivity (Wildman–Crippen MR) is 78.6 cm³/mol. The van der Waals surface area contributed by atoms with Gasteiger partial charge in [-0.3, -0.25) is 0 Å². The van der Waals surface area contributed by atoms with Crippen molar-refractivity contribution in [1.29, 1.82) is 0 Å². The molecular weight excluding hydrogens is 294 g/mol. The Morgan fingerprint density at radius 3 is 2.81 bits per heavy atom. The molecule has 116 valence electrons. The van der Waals surface area contributed by atoms with Gasteiger partial charge in [-0.05, 0) is 37.5 Å². The first-order valence-corrected chi connectivity index (χ1v) is 8.08. The molecule has 1 heterocycles. The molecule has 0 saturated heterocycles. The van der Waals surface area contributed by atoms with Crippen molar-refractivity contribution in [2.45, 2.75) is 32.9 Å². The average Bonchev–Trinajstić information content (AvgIpc) is 2.36. The minimum atomic E-state index is -3.92. The Labute approximate surface area is 124 Å². The Kier molecular flexibility index (Phi) is 4.38. The number of fused-ring (bicyclic) bond motifs is 1. The van der Waals surface area contributed by atoms with Crippen LogP contribution in [-0.2, 0) is 27.9 Å². The van der Waals surface area contributed by atoms with Crippen LogP contribution in [0.1, 0.15) is 25.0 Å². The molecule has 0 aliphatic carbocycles. The van der Waals surface area contributed by atoms with E-state index in [2.05, 4.69) is 0 Å². The third kappa shape index (κ3) is 3.64. The lowest BCUT2D eigenvalue weighted by molar-refractivity contribution is 0.121. The molecule has 3 N–H and O–H groups in total. The van der Waals surface area contributed by atoms with Crippen LogP contribution in [0.2, 0.25) is 0 Å². The standard InChI is InChI=1S/C13H19N3O4S/c1-9(2)20-13(17)15-21(18,19)16-7-6-11-10(8-16)4-3-5-12(11)14/h3-5,9H,6-8,14H2,1-2H3,(H,15,17). The maximum Gasteiger partial charge on any atom is 0.422 e. The van der Waals surface area contributed by atoms with Crippen LogP contribution in [-0.4, -0.2) is 31.5 Å². The summed E-state index contributed by atoms with van der Waals surface area (Å²) in [6.45, 7) is 3.74. The van der Waals surface area contributed by atoms with Gasteiger partial charge in [0.15, 0.2) is 0 Å². The second-order valence-corrected chi connectivity index (χ2v) is 6.80. The maximum atomic E-state index is 12.2. The normalized spacial score (nSPS) is 15.6. The molecule has 1 aromatic carbocycles. The maximum absolute atomic E-state index is 12.2. The Morgan fingerprint density at radius 1 is 1.43 bits per heavy atom. The Bertz CT molecular complexity index is 643. The molecule has 0 fully saturated rings. The zero-order valence-corrected chi connectivity index (χ0v) is 12.8. The van der Waals surface area contributed by atoms with Crippen molar-refractivity contribution in [3.05, 3.63) is 29.3 Å². The number of nitrogens with zero attached hydrogens (tertiary/aromatic N) is 1. The van der Waals surface area contributed by atoms with Gasteiger partial charge < -0.3 is 10.5 Å². The van der Waals surface area contributed by atoms with Crippen LogP contribution < -0.4 is 10.5 Å². The first-order chi connectivity index (χ1) is 9.79. The molecule has 0 spiro atoms. The Balaban J connectivity index is 2.11. The number of rotatable bonds is 3. The fourth-order valence-corrected chi connectivity index (χ4v) is 3.25. The summed E-state index contributed by atoms with van der Waals surface area (Å²) in [6, 6.07) is 5.41. The summed E-state index contributed by atoms with van der Waals surface area (Å²) in [4.78, 5) is 11.5. The highest BCUT2D eigenvalue weighted by molar-refractivity contribution is 7.87. The van der Waals surface area contributed by atoms with E-state index in [1.165, 1.54) is 4.31 Å². The molecule has 1 aliphatic rings. The van der Waals surface area contributed by atoms with Crippen molar-refractivity contribution in [1.82, 2.24) is 9.03 Å². The topological polar surface area (TPSA) is 102 Å². The molecule has 2 rings (SSSR count). The van der Waals surface area contributed by atoms with Gasteiger partial charge in [0, 0.05) is 18.8 Å². The summed E-state index contributed by atoms with van der Waals surface area (Å²) >= 11 is 0. The minimum absolute atomic E-state index is 0.185. The molecule has 0 atom stereocenters. The van der Waals surface area contributed by atoms with E-state index in [0.29, 0.717) is 12.1 Å². The lowest BCUT2D eigenvalue weighted by Crippen LogP contribution is -2.46. The Morgan fingerprint density at radius 2 is 2.14 bits per heavy atom. The zero-order chi connectivity index (χ0) is 15.6. The summed E-state index contributed by atoms with van der Waals surface area (Å²) in [7, 11) is -3.92. The number of nitrogen functional groups attached to an aromatic ring is 1. The number of ether oxygens (including phenoxy) is 1. The van der Waals surface area contributed by atoms with Gasteiger partial charge in [0.25, 0.3) is 0 Å². The fourth-order valence-electron chi connectivity index (χ4n) is 2.23. The molecule has 0 saturated carbocycles. The number of amides is 1. The van der Waals surface area contributed by atoms with Crippen molar-refractivity contribution in [2.24, 2.45) is 0 Å². The van der Waals surface area contributed by atoms with E-state index in [9.17, 15) is 13.2 Å². The third-order valence-electron chi connectivity index (χ3n) is 3.16. The SMILES string of the molecule is CC(C)OC(=O)NS(=O)(=O)N1CCc2c(N)cccc2C1. The first kappa shape index (κ1) is 15.6. The molecule has 21 heavy (non-hydrogen) atoms. The number of hydrogen-bond acceptors (Lipinski definition) is 5. The van der Waals surface area contributed by atoms with Crippen molar-refractivity contribution >= 4 is 22.0 Å². The summed E-state index contributed by atoms with van der Waals surface area (Å²) < 4.78 is 32.2. The van der Waals surface area contributed by atoms with Crippen LogP contribution in [0, 0.1) is 0 Å². The Hall–Kier alpha value is -1.80. The molecule has 1 amide bonds. The first-order valence-electron chi connectivity index (χ1n) is 6.64. The van der Waals surface area contributed by atoms with Crippen molar-refractivity contribution < 1.29 is 17.9 Å². The van der Waals surface area contributed by atoms with Crippen LogP contribution >= 0.6 is 0 Å². The van der Waals surface area contributed by atoms with Crippen LogP contribution in [0.25, 0.3) is 0 Å². The number of anilines is 1. The van der Waals surface area contributed by atoms with Crippen LogP contribution in [0.15, 0.2) is 18.2 Å².